The smallest absolute Gasteiger partial charge is 0.311 e. The van der Waals surface area contributed by atoms with Gasteiger partial charge >= 0.3 is 5.69 Å². The summed E-state index contributed by atoms with van der Waals surface area (Å²) in [5.74, 6) is -0.374. The number of hydrazone groups is 1. The van der Waals surface area contributed by atoms with Gasteiger partial charge in [0.2, 0.25) is 5.13 Å². The van der Waals surface area contributed by atoms with E-state index in [0.717, 1.165) is 10.2 Å². The number of nitro benzene ring substituents is 1. The van der Waals surface area contributed by atoms with E-state index in [1.807, 2.05) is 24.3 Å². The summed E-state index contributed by atoms with van der Waals surface area (Å²) >= 11 is 1.46. The van der Waals surface area contributed by atoms with Crippen LogP contribution in [-0.4, -0.2) is 21.2 Å². The van der Waals surface area contributed by atoms with Crippen molar-refractivity contribution in [3.05, 3.63) is 58.1 Å². The zero-order valence-corrected chi connectivity index (χ0v) is 11.9. The van der Waals surface area contributed by atoms with E-state index in [9.17, 15) is 15.2 Å². The van der Waals surface area contributed by atoms with Crippen LogP contribution >= 0.6 is 11.3 Å². The Labute approximate surface area is 128 Å². The standard InChI is InChI=1S/C14H10N4O3S/c19-12-6-5-9(7-11(12)18(20)21)8-15-17-14-16-10-3-1-2-4-13(10)22-14/h1-8,19H,(H,16,17)/b15-8-. The van der Waals surface area contributed by atoms with Crippen molar-refractivity contribution in [3.63, 3.8) is 0 Å². The quantitative estimate of drug-likeness (QED) is 0.437. The second kappa shape index (κ2) is 5.78. The Morgan fingerprint density at radius 3 is 2.91 bits per heavy atom. The van der Waals surface area contributed by atoms with E-state index in [1.165, 1.54) is 35.8 Å². The molecule has 2 N–H and O–H groups in total. The first-order valence-electron chi connectivity index (χ1n) is 6.25. The van der Waals surface area contributed by atoms with Gasteiger partial charge in [-0.1, -0.05) is 23.5 Å². The molecule has 110 valence electrons. The third kappa shape index (κ3) is 2.86. The molecule has 0 fully saturated rings. The molecule has 0 aliphatic rings. The number of phenolic OH excluding ortho intramolecular Hbond substituents is 1. The Bertz CT molecular complexity index is 842. The Morgan fingerprint density at radius 1 is 1.32 bits per heavy atom. The van der Waals surface area contributed by atoms with Crippen LogP contribution in [0.3, 0.4) is 0 Å². The molecule has 0 spiro atoms. The number of thiazole rings is 1. The molecule has 0 aliphatic heterocycles. The molecule has 0 unspecified atom stereocenters. The van der Waals surface area contributed by atoms with Gasteiger partial charge in [-0.2, -0.15) is 5.10 Å². The van der Waals surface area contributed by atoms with Crippen LogP contribution in [0.2, 0.25) is 0 Å². The Hall–Kier alpha value is -3.00. The van der Waals surface area contributed by atoms with Crippen molar-refractivity contribution in [1.29, 1.82) is 0 Å². The molecule has 0 saturated heterocycles. The van der Waals surface area contributed by atoms with Gasteiger partial charge in [-0.15, -0.1) is 0 Å². The van der Waals surface area contributed by atoms with E-state index in [4.69, 9.17) is 0 Å². The van der Waals surface area contributed by atoms with Gasteiger partial charge in [-0.25, -0.2) is 4.98 Å². The molecule has 0 radical (unpaired) electrons. The van der Waals surface area contributed by atoms with E-state index in [2.05, 4.69) is 15.5 Å². The average Bonchev–Trinajstić information content (AvgIpc) is 2.91. The number of nitro groups is 1. The Morgan fingerprint density at radius 2 is 2.14 bits per heavy atom. The summed E-state index contributed by atoms with van der Waals surface area (Å²) < 4.78 is 1.04. The molecule has 0 saturated carbocycles. The maximum atomic E-state index is 10.7. The van der Waals surface area contributed by atoms with Crippen molar-refractivity contribution in [3.8, 4) is 5.75 Å². The monoisotopic (exact) mass is 314 g/mol. The zero-order valence-electron chi connectivity index (χ0n) is 11.1. The number of aromatic hydroxyl groups is 1. The number of hydrogen-bond donors (Lipinski definition) is 2. The number of rotatable bonds is 4. The lowest BCUT2D eigenvalue weighted by molar-refractivity contribution is -0.385. The van der Waals surface area contributed by atoms with E-state index in [1.54, 1.807) is 0 Å². The molecule has 1 heterocycles. The maximum Gasteiger partial charge on any atom is 0.311 e. The van der Waals surface area contributed by atoms with Crippen molar-refractivity contribution in [1.82, 2.24) is 4.98 Å². The van der Waals surface area contributed by atoms with Crippen molar-refractivity contribution in [2.24, 2.45) is 5.10 Å². The van der Waals surface area contributed by atoms with Crippen LogP contribution in [0.25, 0.3) is 10.2 Å². The lowest BCUT2D eigenvalue weighted by atomic mass is 10.2. The predicted octanol–water partition coefficient (Wildman–Crippen LogP) is 3.36. The molecular formula is C14H10N4O3S. The van der Waals surface area contributed by atoms with Crippen LogP contribution in [0.15, 0.2) is 47.6 Å². The molecule has 8 heteroatoms. The lowest BCUT2D eigenvalue weighted by Crippen LogP contribution is -1.93. The molecule has 0 bridgehead atoms. The summed E-state index contributed by atoms with van der Waals surface area (Å²) in [6.45, 7) is 0. The second-order valence-electron chi connectivity index (χ2n) is 4.36. The Balaban J connectivity index is 1.77. The predicted molar refractivity (Wildman–Crippen MR) is 85.6 cm³/mol. The van der Waals surface area contributed by atoms with Crippen LogP contribution in [0, 0.1) is 10.1 Å². The fourth-order valence-corrected chi connectivity index (χ4v) is 2.66. The summed E-state index contributed by atoms with van der Waals surface area (Å²) in [6.07, 6.45) is 1.43. The van der Waals surface area contributed by atoms with Crippen molar-refractivity contribution in [2.75, 3.05) is 5.43 Å². The molecule has 2 aromatic carbocycles. The first kappa shape index (κ1) is 14.0. The van der Waals surface area contributed by atoms with Gasteiger partial charge in [0.1, 0.15) is 0 Å². The minimum absolute atomic E-state index is 0.357. The van der Waals surface area contributed by atoms with Crippen molar-refractivity contribution in [2.45, 2.75) is 0 Å². The SMILES string of the molecule is O=[N+]([O-])c1cc(/C=N\Nc2nc3ccccc3s2)ccc1O. The van der Waals surface area contributed by atoms with Crippen LogP contribution in [0.1, 0.15) is 5.56 Å². The number of nitrogens with zero attached hydrogens (tertiary/aromatic N) is 3. The van der Waals surface area contributed by atoms with Gasteiger partial charge < -0.3 is 5.11 Å². The molecule has 0 atom stereocenters. The summed E-state index contributed by atoms with van der Waals surface area (Å²) in [4.78, 5) is 14.4. The van der Waals surface area contributed by atoms with Crippen LogP contribution in [0.4, 0.5) is 10.8 Å². The van der Waals surface area contributed by atoms with Gasteiger partial charge in [-0.05, 0) is 24.3 Å². The van der Waals surface area contributed by atoms with E-state index < -0.39 is 4.92 Å². The minimum atomic E-state index is -0.645. The minimum Gasteiger partial charge on any atom is -0.502 e. The molecular weight excluding hydrogens is 304 g/mol. The molecule has 0 amide bonds. The summed E-state index contributed by atoms with van der Waals surface area (Å²) in [7, 11) is 0. The Kier molecular flexibility index (Phi) is 3.67. The van der Waals surface area contributed by atoms with Gasteiger partial charge in [-0.3, -0.25) is 15.5 Å². The van der Waals surface area contributed by atoms with Gasteiger partial charge in [0.15, 0.2) is 5.75 Å². The van der Waals surface area contributed by atoms with Gasteiger partial charge in [0.05, 0.1) is 21.4 Å². The number of anilines is 1. The largest absolute Gasteiger partial charge is 0.502 e. The number of nitrogens with one attached hydrogen (secondary N) is 1. The van der Waals surface area contributed by atoms with E-state index >= 15 is 0 Å². The highest BCUT2D eigenvalue weighted by atomic mass is 32.1. The highest BCUT2D eigenvalue weighted by molar-refractivity contribution is 7.22. The summed E-state index contributed by atoms with van der Waals surface area (Å²) in [5, 5.41) is 24.8. The topological polar surface area (TPSA) is 101 Å². The van der Waals surface area contributed by atoms with Gasteiger partial charge in [0.25, 0.3) is 0 Å². The van der Waals surface area contributed by atoms with Crippen molar-refractivity contribution < 1.29 is 10.0 Å². The van der Waals surface area contributed by atoms with Crippen LogP contribution in [0.5, 0.6) is 5.75 Å². The number of aromatic nitrogens is 1. The second-order valence-corrected chi connectivity index (χ2v) is 5.39. The molecule has 0 aliphatic carbocycles. The van der Waals surface area contributed by atoms with Crippen LogP contribution in [-0.2, 0) is 0 Å². The first-order chi connectivity index (χ1) is 10.6. The fourth-order valence-electron chi connectivity index (χ4n) is 1.85. The highest BCUT2D eigenvalue weighted by Crippen LogP contribution is 2.26. The average molecular weight is 314 g/mol. The molecule has 22 heavy (non-hydrogen) atoms. The molecule has 1 aromatic heterocycles. The zero-order chi connectivity index (χ0) is 15.5. The first-order valence-corrected chi connectivity index (χ1v) is 7.07. The maximum absolute atomic E-state index is 10.7. The van der Waals surface area contributed by atoms with Crippen molar-refractivity contribution >= 4 is 38.6 Å². The molecule has 3 rings (SSSR count). The number of hydrogen-bond acceptors (Lipinski definition) is 7. The summed E-state index contributed by atoms with van der Waals surface area (Å²) in [6, 6.07) is 11.8. The number of para-hydroxylation sites is 1. The normalized spacial score (nSPS) is 11.1. The molecule has 7 nitrogen and oxygen atoms in total. The van der Waals surface area contributed by atoms with Gasteiger partial charge in [0, 0.05) is 11.6 Å². The summed E-state index contributed by atoms with van der Waals surface area (Å²) in [5.41, 5.74) is 3.81. The third-order valence-corrected chi connectivity index (χ3v) is 3.80. The van der Waals surface area contributed by atoms with E-state index in [-0.39, 0.29) is 11.4 Å². The number of phenols is 1. The third-order valence-electron chi connectivity index (χ3n) is 2.86. The lowest BCUT2D eigenvalue weighted by Gasteiger charge is -1.97. The van der Waals surface area contributed by atoms with E-state index in [0.29, 0.717) is 10.7 Å². The number of fused-ring (bicyclic) bond motifs is 1. The molecule has 3 aromatic rings. The fraction of sp³-hybridized carbons (Fsp3) is 0. The van der Waals surface area contributed by atoms with Crippen LogP contribution < -0.4 is 5.43 Å². The number of benzene rings is 2. The highest BCUT2D eigenvalue weighted by Gasteiger charge is 2.12.